The van der Waals surface area contributed by atoms with E-state index in [0.29, 0.717) is 5.57 Å². The third-order valence-corrected chi connectivity index (χ3v) is 3.50. The minimum atomic E-state index is -1.49. The Morgan fingerprint density at radius 1 is 1.24 bits per heavy atom. The number of esters is 2. The fraction of sp³-hybridized carbons (Fsp3) is 0.636. The predicted octanol–water partition coefficient (Wildman–Crippen LogP) is 0.612. The molecule has 0 bridgehead atoms. The van der Waals surface area contributed by atoms with Crippen molar-refractivity contribution in [2.75, 3.05) is 0 Å². The average molecular weight is 240 g/mol. The summed E-state index contributed by atoms with van der Waals surface area (Å²) >= 11 is 0. The molecular formula is C11H12O6. The number of ether oxygens (including phenoxy) is 2. The number of hydrogen-bond acceptors (Lipinski definition) is 6. The second-order valence-electron chi connectivity index (χ2n) is 4.92. The molecule has 2 fully saturated rings. The summed E-state index contributed by atoms with van der Waals surface area (Å²) in [5, 5.41) is 0. The summed E-state index contributed by atoms with van der Waals surface area (Å²) in [6.07, 6.45) is -0.754. The minimum Gasteiger partial charge on any atom is -0.451 e. The zero-order valence-electron chi connectivity index (χ0n) is 9.73. The Morgan fingerprint density at radius 2 is 1.94 bits per heavy atom. The maximum absolute atomic E-state index is 11.8. The zero-order chi connectivity index (χ0) is 12.4. The highest BCUT2D eigenvalue weighted by molar-refractivity contribution is 5.97. The maximum Gasteiger partial charge on any atom is 0.341 e. The van der Waals surface area contributed by atoms with E-state index in [2.05, 4.69) is 0 Å². The van der Waals surface area contributed by atoms with Crippen molar-refractivity contribution in [3.05, 3.63) is 11.1 Å². The van der Waals surface area contributed by atoms with Gasteiger partial charge >= 0.3 is 17.7 Å². The lowest BCUT2D eigenvalue weighted by atomic mass is 9.89. The van der Waals surface area contributed by atoms with Gasteiger partial charge in [-0.15, -0.1) is 0 Å². The van der Waals surface area contributed by atoms with E-state index in [1.807, 2.05) is 0 Å². The highest BCUT2D eigenvalue weighted by atomic mass is 17.2. The van der Waals surface area contributed by atoms with Crippen molar-refractivity contribution in [3.63, 3.8) is 0 Å². The second kappa shape index (κ2) is 2.88. The Bertz CT molecular complexity index is 463. The molecular weight excluding hydrogens is 228 g/mol. The third-order valence-electron chi connectivity index (χ3n) is 3.50. The summed E-state index contributed by atoms with van der Waals surface area (Å²) < 4.78 is 10.2. The van der Waals surface area contributed by atoms with Crippen LogP contribution in [0.5, 0.6) is 0 Å². The van der Waals surface area contributed by atoms with Gasteiger partial charge < -0.3 is 9.47 Å². The van der Waals surface area contributed by atoms with E-state index in [-0.39, 0.29) is 12.0 Å². The molecule has 0 radical (unpaired) electrons. The highest BCUT2D eigenvalue weighted by Crippen LogP contribution is 2.49. The molecule has 6 nitrogen and oxygen atoms in total. The van der Waals surface area contributed by atoms with E-state index in [1.165, 1.54) is 0 Å². The number of rotatable bonds is 0. The third kappa shape index (κ3) is 1.17. The van der Waals surface area contributed by atoms with Gasteiger partial charge in [-0.2, -0.15) is 4.89 Å². The predicted molar refractivity (Wildman–Crippen MR) is 52.3 cm³/mol. The van der Waals surface area contributed by atoms with E-state index >= 15 is 0 Å². The Kier molecular flexibility index (Phi) is 1.82. The summed E-state index contributed by atoms with van der Waals surface area (Å²) in [6.45, 7) is 5.27. The normalized spacial score (nSPS) is 38.6. The monoisotopic (exact) mass is 240 g/mol. The van der Waals surface area contributed by atoms with Gasteiger partial charge in [0.2, 0.25) is 0 Å². The molecule has 0 aromatic heterocycles. The van der Waals surface area contributed by atoms with Crippen LogP contribution in [0, 0.1) is 0 Å². The first-order valence-corrected chi connectivity index (χ1v) is 5.38. The van der Waals surface area contributed by atoms with Crippen LogP contribution in [0.3, 0.4) is 0 Å². The smallest absolute Gasteiger partial charge is 0.341 e. The molecule has 3 aliphatic heterocycles. The summed E-state index contributed by atoms with van der Waals surface area (Å²) in [4.78, 5) is 33.5. The number of carbonyl (C=O) groups excluding carboxylic acids is 2. The molecule has 2 saturated heterocycles. The van der Waals surface area contributed by atoms with Crippen molar-refractivity contribution < 1.29 is 28.8 Å². The quantitative estimate of drug-likeness (QED) is 0.456. The molecule has 2 unspecified atom stereocenters. The van der Waals surface area contributed by atoms with E-state index in [4.69, 9.17) is 19.2 Å². The van der Waals surface area contributed by atoms with Crippen molar-refractivity contribution in [1.82, 2.24) is 0 Å². The van der Waals surface area contributed by atoms with E-state index in [0.717, 1.165) is 0 Å². The topological polar surface area (TPSA) is 71.1 Å². The van der Waals surface area contributed by atoms with Crippen LogP contribution in [-0.2, 0) is 28.8 Å². The van der Waals surface area contributed by atoms with Gasteiger partial charge in [0.1, 0.15) is 11.2 Å². The SMILES string of the molecule is CC1=C2C(=O)OC3CC(=O)OC23OOC1(C)C. The van der Waals surface area contributed by atoms with Gasteiger partial charge in [0.15, 0.2) is 6.10 Å². The molecule has 3 heterocycles. The van der Waals surface area contributed by atoms with Crippen molar-refractivity contribution >= 4 is 11.9 Å². The molecule has 6 heteroatoms. The molecule has 0 aromatic carbocycles. The van der Waals surface area contributed by atoms with Crippen LogP contribution in [-0.4, -0.2) is 29.4 Å². The van der Waals surface area contributed by atoms with Crippen LogP contribution in [0.1, 0.15) is 27.2 Å². The molecule has 3 aliphatic rings. The Hall–Kier alpha value is -1.40. The lowest BCUT2D eigenvalue weighted by Crippen LogP contribution is -2.49. The van der Waals surface area contributed by atoms with Gasteiger partial charge in [-0.25, -0.2) is 9.68 Å². The standard InChI is InChI=1S/C11H12O6/c1-5-8-9(13)14-6-4-7(12)15-11(6,8)17-16-10(5,2)3/h6H,4H2,1-3H3. The fourth-order valence-corrected chi connectivity index (χ4v) is 2.28. The van der Waals surface area contributed by atoms with Crippen LogP contribution >= 0.6 is 0 Å². The van der Waals surface area contributed by atoms with Crippen LogP contribution < -0.4 is 0 Å². The lowest BCUT2D eigenvalue weighted by molar-refractivity contribution is -0.445. The number of hydrogen-bond donors (Lipinski definition) is 0. The molecule has 0 aromatic rings. The molecule has 2 atom stereocenters. The van der Waals surface area contributed by atoms with Gasteiger partial charge in [0.25, 0.3) is 0 Å². The van der Waals surface area contributed by atoms with Gasteiger partial charge in [-0.05, 0) is 26.3 Å². The van der Waals surface area contributed by atoms with Crippen molar-refractivity contribution in [3.8, 4) is 0 Å². The van der Waals surface area contributed by atoms with E-state index in [9.17, 15) is 9.59 Å². The maximum atomic E-state index is 11.8. The molecule has 0 aliphatic carbocycles. The summed E-state index contributed by atoms with van der Waals surface area (Å²) in [6, 6.07) is 0. The van der Waals surface area contributed by atoms with E-state index in [1.54, 1.807) is 20.8 Å². The summed E-state index contributed by atoms with van der Waals surface area (Å²) in [5.41, 5.74) is 0.166. The minimum absolute atomic E-state index is 0.00763. The van der Waals surface area contributed by atoms with Crippen LogP contribution in [0.25, 0.3) is 0 Å². The molecule has 3 rings (SSSR count). The van der Waals surface area contributed by atoms with Crippen molar-refractivity contribution in [2.24, 2.45) is 0 Å². The van der Waals surface area contributed by atoms with Crippen LogP contribution in [0.2, 0.25) is 0 Å². The number of carbonyl (C=O) groups is 2. The van der Waals surface area contributed by atoms with Gasteiger partial charge in [-0.1, -0.05) is 0 Å². The van der Waals surface area contributed by atoms with Gasteiger partial charge in [0, 0.05) is 0 Å². The summed E-state index contributed by atoms with van der Waals surface area (Å²) in [5.74, 6) is -2.46. The first-order valence-electron chi connectivity index (χ1n) is 5.38. The lowest BCUT2D eigenvalue weighted by Gasteiger charge is -2.37. The molecule has 0 amide bonds. The highest BCUT2D eigenvalue weighted by Gasteiger charge is 2.67. The molecule has 92 valence electrons. The second-order valence-corrected chi connectivity index (χ2v) is 4.92. The van der Waals surface area contributed by atoms with Crippen molar-refractivity contribution in [1.29, 1.82) is 0 Å². The van der Waals surface area contributed by atoms with Gasteiger partial charge in [-0.3, -0.25) is 4.79 Å². The van der Waals surface area contributed by atoms with Crippen molar-refractivity contribution in [2.45, 2.75) is 44.7 Å². The molecule has 0 N–H and O–H groups in total. The molecule has 0 saturated carbocycles. The largest absolute Gasteiger partial charge is 0.451 e. The van der Waals surface area contributed by atoms with Crippen LogP contribution in [0.4, 0.5) is 0 Å². The Morgan fingerprint density at radius 3 is 2.65 bits per heavy atom. The first-order chi connectivity index (χ1) is 7.87. The Balaban J connectivity index is 2.18. The van der Waals surface area contributed by atoms with Crippen LogP contribution in [0.15, 0.2) is 11.1 Å². The Labute approximate surface area is 97.4 Å². The summed E-state index contributed by atoms with van der Waals surface area (Å²) in [7, 11) is 0. The first kappa shape index (κ1) is 10.7. The molecule has 17 heavy (non-hydrogen) atoms. The average Bonchev–Trinajstić information content (AvgIpc) is 2.63. The van der Waals surface area contributed by atoms with E-state index < -0.39 is 29.4 Å². The fourth-order valence-electron chi connectivity index (χ4n) is 2.28. The zero-order valence-corrected chi connectivity index (χ0v) is 9.73. The molecule has 1 spiro atoms. The van der Waals surface area contributed by atoms with Gasteiger partial charge in [0.05, 0.1) is 6.42 Å².